The summed E-state index contributed by atoms with van der Waals surface area (Å²) in [7, 11) is 0. The minimum Gasteiger partial charge on any atom is -0.472 e. The first-order valence-corrected chi connectivity index (χ1v) is 8.04. The lowest BCUT2D eigenvalue weighted by atomic mass is 10.4. The summed E-state index contributed by atoms with van der Waals surface area (Å²) in [5.74, 6) is 1.42. The van der Waals surface area contributed by atoms with Gasteiger partial charge in [-0.25, -0.2) is 4.98 Å². The third-order valence-electron chi connectivity index (χ3n) is 4.02. The Bertz CT molecular complexity index is 474. The first-order chi connectivity index (χ1) is 10.8. The van der Waals surface area contributed by atoms with Crippen molar-refractivity contribution in [2.45, 2.75) is 6.92 Å². The van der Waals surface area contributed by atoms with Crippen molar-refractivity contribution in [1.29, 1.82) is 0 Å². The normalized spacial score (nSPS) is 20.1. The zero-order chi connectivity index (χ0) is 15.2. The number of aryl methyl sites for hydroxylation is 1. The van der Waals surface area contributed by atoms with E-state index >= 15 is 0 Å². The molecule has 1 N–H and O–H groups in total. The van der Waals surface area contributed by atoms with Crippen LogP contribution in [0.1, 0.15) is 5.69 Å². The van der Waals surface area contributed by atoms with E-state index in [4.69, 9.17) is 14.2 Å². The highest BCUT2D eigenvalue weighted by molar-refractivity contribution is 5.34. The third kappa shape index (κ3) is 4.28. The lowest BCUT2D eigenvalue weighted by Crippen LogP contribution is -3.14. The van der Waals surface area contributed by atoms with Crippen LogP contribution in [0, 0.1) is 6.92 Å². The number of morpholine rings is 2. The van der Waals surface area contributed by atoms with Crippen molar-refractivity contribution in [1.82, 2.24) is 9.97 Å². The predicted molar refractivity (Wildman–Crippen MR) is 81.7 cm³/mol. The molecule has 0 saturated carbocycles. The molecule has 3 rings (SSSR count). The third-order valence-corrected chi connectivity index (χ3v) is 4.02. The van der Waals surface area contributed by atoms with Crippen LogP contribution in [0.25, 0.3) is 0 Å². The molecule has 1 aromatic heterocycles. The van der Waals surface area contributed by atoms with Crippen molar-refractivity contribution in [2.75, 3.05) is 70.7 Å². The summed E-state index contributed by atoms with van der Waals surface area (Å²) in [6.07, 6.45) is 0. The van der Waals surface area contributed by atoms with E-state index in [1.165, 1.54) is 4.90 Å². The Kier molecular flexibility index (Phi) is 5.42. The van der Waals surface area contributed by atoms with Crippen LogP contribution in [-0.2, 0) is 9.47 Å². The fourth-order valence-electron chi connectivity index (χ4n) is 2.71. The van der Waals surface area contributed by atoms with Gasteiger partial charge in [0.05, 0.1) is 26.4 Å². The van der Waals surface area contributed by atoms with Gasteiger partial charge in [0.2, 0.25) is 11.8 Å². The van der Waals surface area contributed by atoms with Crippen LogP contribution in [0.4, 0.5) is 5.95 Å². The molecule has 122 valence electrons. The Morgan fingerprint density at radius 1 is 1.14 bits per heavy atom. The molecule has 0 spiro atoms. The van der Waals surface area contributed by atoms with Gasteiger partial charge in [-0.15, -0.1) is 0 Å². The fourth-order valence-corrected chi connectivity index (χ4v) is 2.71. The topological polar surface area (TPSA) is 61.2 Å². The number of nitrogens with one attached hydrogen (secondary N) is 1. The zero-order valence-electron chi connectivity index (χ0n) is 13.2. The molecule has 0 unspecified atom stereocenters. The lowest BCUT2D eigenvalue weighted by molar-refractivity contribution is -0.908. The summed E-state index contributed by atoms with van der Waals surface area (Å²) in [5, 5.41) is 0. The molecule has 0 aliphatic carbocycles. The quantitative estimate of drug-likeness (QED) is 0.746. The molecule has 7 nitrogen and oxygen atoms in total. The molecule has 1 aromatic rings. The van der Waals surface area contributed by atoms with E-state index in [-0.39, 0.29) is 0 Å². The molecular weight excluding hydrogens is 284 g/mol. The average molecular weight is 309 g/mol. The molecular formula is C15H25N4O3+. The monoisotopic (exact) mass is 309 g/mol. The molecule has 7 heteroatoms. The molecule has 0 radical (unpaired) electrons. The highest BCUT2D eigenvalue weighted by Gasteiger charge is 2.16. The highest BCUT2D eigenvalue weighted by Crippen LogP contribution is 2.16. The van der Waals surface area contributed by atoms with Crippen LogP contribution in [0.3, 0.4) is 0 Å². The van der Waals surface area contributed by atoms with Crippen LogP contribution in [0.15, 0.2) is 6.07 Å². The Morgan fingerprint density at radius 3 is 2.64 bits per heavy atom. The van der Waals surface area contributed by atoms with E-state index in [2.05, 4.69) is 14.9 Å². The van der Waals surface area contributed by atoms with Gasteiger partial charge in [-0.2, -0.15) is 4.98 Å². The van der Waals surface area contributed by atoms with Gasteiger partial charge in [0.15, 0.2) is 0 Å². The minimum absolute atomic E-state index is 0.668. The van der Waals surface area contributed by atoms with Gasteiger partial charge >= 0.3 is 0 Å². The number of hydrogen-bond acceptors (Lipinski definition) is 6. The summed E-state index contributed by atoms with van der Waals surface area (Å²) in [5.41, 5.74) is 0.935. The number of anilines is 1. The Hall–Kier alpha value is -1.44. The SMILES string of the molecule is Cc1cc(OCC[NH+]2CCOCC2)nc(N2CCOCC2)n1. The Morgan fingerprint density at radius 2 is 1.86 bits per heavy atom. The largest absolute Gasteiger partial charge is 0.472 e. The smallest absolute Gasteiger partial charge is 0.229 e. The molecule has 2 aliphatic rings. The lowest BCUT2D eigenvalue weighted by Gasteiger charge is -2.27. The van der Waals surface area contributed by atoms with Crippen LogP contribution in [0.2, 0.25) is 0 Å². The van der Waals surface area contributed by atoms with Crippen molar-refractivity contribution in [3.8, 4) is 5.88 Å². The second kappa shape index (κ2) is 7.71. The predicted octanol–water partition coefficient (Wildman–Crippen LogP) is -1.08. The second-order valence-electron chi connectivity index (χ2n) is 5.71. The van der Waals surface area contributed by atoms with Crippen molar-refractivity contribution in [2.24, 2.45) is 0 Å². The van der Waals surface area contributed by atoms with Crippen LogP contribution in [-0.4, -0.2) is 75.7 Å². The van der Waals surface area contributed by atoms with Crippen molar-refractivity contribution in [3.05, 3.63) is 11.8 Å². The van der Waals surface area contributed by atoms with E-state index in [9.17, 15) is 0 Å². The molecule has 0 amide bonds. The summed E-state index contributed by atoms with van der Waals surface area (Å²) in [4.78, 5) is 12.7. The highest BCUT2D eigenvalue weighted by atomic mass is 16.5. The molecule has 0 aromatic carbocycles. The van der Waals surface area contributed by atoms with Gasteiger partial charge in [-0.05, 0) is 6.92 Å². The number of aromatic nitrogens is 2. The maximum atomic E-state index is 5.85. The summed E-state index contributed by atoms with van der Waals surface area (Å²) in [6, 6.07) is 1.90. The van der Waals surface area contributed by atoms with Crippen LogP contribution >= 0.6 is 0 Å². The van der Waals surface area contributed by atoms with Gasteiger partial charge in [0, 0.05) is 24.8 Å². The van der Waals surface area contributed by atoms with Crippen molar-refractivity contribution < 1.29 is 19.1 Å². The minimum atomic E-state index is 0.668. The zero-order valence-corrected chi connectivity index (χ0v) is 13.2. The molecule has 0 bridgehead atoms. The van der Waals surface area contributed by atoms with Crippen LogP contribution < -0.4 is 14.5 Å². The molecule has 22 heavy (non-hydrogen) atoms. The first kappa shape index (κ1) is 15.5. The fraction of sp³-hybridized carbons (Fsp3) is 0.733. The molecule has 2 saturated heterocycles. The number of rotatable bonds is 5. The molecule has 2 fully saturated rings. The van der Waals surface area contributed by atoms with Crippen molar-refractivity contribution >= 4 is 5.95 Å². The van der Waals surface area contributed by atoms with E-state index in [0.717, 1.165) is 70.8 Å². The number of nitrogens with zero attached hydrogens (tertiary/aromatic N) is 3. The summed E-state index contributed by atoms with van der Waals surface area (Å²) in [6.45, 7) is 10.6. The Labute approximate surface area is 131 Å². The van der Waals surface area contributed by atoms with Crippen molar-refractivity contribution in [3.63, 3.8) is 0 Å². The van der Waals surface area contributed by atoms with Crippen LogP contribution in [0.5, 0.6) is 5.88 Å². The number of quaternary nitrogens is 1. The van der Waals surface area contributed by atoms with Gasteiger partial charge < -0.3 is 24.0 Å². The number of hydrogen-bond donors (Lipinski definition) is 1. The van der Waals surface area contributed by atoms with E-state index in [1.807, 2.05) is 13.0 Å². The van der Waals surface area contributed by atoms with E-state index in [1.54, 1.807) is 0 Å². The number of ether oxygens (including phenoxy) is 3. The molecule has 3 heterocycles. The Balaban J connectivity index is 1.54. The molecule has 2 aliphatic heterocycles. The van der Waals surface area contributed by atoms with Gasteiger partial charge in [-0.3, -0.25) is 0 Å². The van der Waals surface area contributed by atoms with Gasteiger partial charge in [-0.1, -0.05) is 0 Å². The van der Waals surface area contributed by atoms with E-state index < -0.39 is 0 Å². The summed E-state index contributed by atoms with van der Waals surface area (Å²) >= 11 is 0. The van der Waals surface area contributed by atoms with E-state index in [0.29, 0.717) is 12.5 Å². The first-order valence-electron chi connectivity index (χ1n) is 8.04. The maximum Gasteiger partial charge on any atom is 0.229 e. The van der Waals surface area contributed by atoms with Gasteiger partial charge in [0.1, 0.15) is 26.2 Å². The standard InChI is InChI=1S/C15H24N4O3/c1-13-12-14(22-11-4-18-2-7-20-8-3-18)17-15(16-13)19-5-9-21-10-6-19/h12H,2-11H2,1H3/p+1. The maximum absolute atomic E-state index is 5.85. The van der Waals surface area contributed by atoms with Gasteiger partial charge in [0.25, 0.3) is 0 Å². The second-order valence-corrected chi connectivity index (χ2v) is 5.71. The average Bonchev–Trinajstić information content (AvgIpc) is 2.56. The summed E-state index contributed by atoms with van der Waals surface area (Å²) < 4.78 is 16.6. The molecule has 0 atom stereocenters.